The number of halogens is 1. The number of rotatable bonds is 4. The van der Waals surface area contributed by atoms with Gasteiger partial charge in [0.15, 0.2) is 0 Å². The summed E-state index contributed by atoms with van der Waals surface area (Å²) in [7, 11) is 0. The van der Waals surface area contributed by atoms with Gasteiger partial charge in [-0.15, -0.1) is 0 Å². The zero-order valence-corrected chi connectivity index (χ0v) is 13.1. The molecule has 116 valence electrons. The lowest BCUT2D eigenvalue weighted by Gasteiger charge is -2.36. The Morgan fingerprint density at radius 2 is 2.10 bits per heavy atom. The zero-order chi connectivity index (χ0) is 15.6. The minimum atomic E-state index is -0.679. The molecule has 1 aliphatic rings. The van der Waals surface area contributed by atoms with Gasteiger partial charge in [0.25, 0.3) is 0 Å². The maximum atomic E-state index is 13.2. The Morgan fingerprint density at radius 1 is 1.38 bits per heavy atom. The van der Waals surface area contributed by atoms with E-state index in [1.807, 2.05) is 13.0 Å². The summed E-state index contributed by atoms with van der Waals surface area (Å²) < 4.78 is 13.2. The van der Waals surface area contributed by atoms with E-state index < -0.39 is 5.97 Å². The van der Waals surface area contributed by atoms with Crippen LogP contribution in [0.5, 0.6) is 0 Å². The SMILES string of the molecule is Cc1cc(F)ccc1CC1CC(C(C)C)CCC1C(=O)O. The van der Waals surface area contributed by atoms with E-state index in [-0.39, 0.29) is 17.7 Å². The largest absolute Gasteiger partial charge is 0.481 e. The number of carboxylic acids is 1. The second-order valence-electron chi connectivity index (χ2n) is 6.80. The average molecular weight is 292 g/mol. The Labute approximate surface area is 126 Å². The number of carbonyl (C=O) groups is 1. The molecule has 2 nitrogen and oxygen atoms in total. The molecule has 1 aliphatic carbocycles. The lowest BCUT2D eigenvalue weighted by molar-refractivity contribution is -0.145. The van der Waals surface area contributed by atoms with Crippen LogP contribution in [0.15, 0.2) is 18.2 Å². The first-order valence-electron chi connectivity index (χ1n) is 7.86. The fourth-order valence-corrected chi connectivity index (χ4v) is 3.63. The summed E-state index contributed by atoms with van der Waals surface area (Å²) in [6.45, 7) is 6.33. The fraction of sp³-hybridized carbons (Fsp3) is 0.611. The van der Waals surface area contributed by atoms with Crippen LogP contribution in [0.4, 0.5) is 4.39 Å². The first-order chi connectivity index (χ1) is 9.88. The van der Waals surface area contributed by atoms with Crippen molar-refractivity contribution in [2.75, 3.05) is 0 Å². The first kappa shape index (κ1) is 16.0. The van der Waals surface area contributed by atoms with Gasteiger partial charge in [0.05, 0.1) is 5.92 Å². The van der Waals surface area contributed by atoms with E-state index in [0.717, 1.165) is 36.8 Å². The maximum absolute atomic E-state index is 13.2. The van der Waals surface area contributed by atoms with E-state index in [4.69, 9.17) is 0 Å². The normalized spacial score (nSPS) is 26.0. The van der Waals surface area contributed by atoms with Gasteiger partial charge in [-0.05, 0) is 73.6 Å². The van der Waals surface area contributed by atoms with Crippen molar-refractivity contribution in [3.63, 3.8) is 0 Å². The van der Waals surface area contributed by atoms with Crippen LogP contribution in [0.3, 0.4) is 0 Å². The standard InChI is InChI=1S/C18H25FO2/c1-11(2)13-5-7-17(18(20)21)15(9-13)10-14-4-6-16(19)8-12(14)3/h4,6,8,11,13,15,17H,5,7,9-10H2,1-3H3,(H,20,21). The van der Waals surface area contributed by atoms with Gasteiger partial charge in [0.1, 0.15) is 5.82 Å². The predicted molar refractivity (Wildman–Crippen MR) is 81.6 cm³/mol. The molecule has 0 bridgehead atoms. The van der Waals surface area contributed by atoms with Crippen molar-refractivity contribution in [1.29, 1.82) is 0 Å². The Morgan fingerprint density at radius 3 is 2.67 bits per heavy atom. The Hall–Kier alpha value is -1.38. The number of benzene rings is 1. The van der Waals surface area contributed by atoms with Gasteiger partial charge in [-0.25, -0.2) is 4.39 Å². The Bertz CT molecular complexity index is 510. The van der Waals surface area contributed by atoms with Crippen LogP contribution < -0.4 is 0 Å². The maximum Gasteiger partial charge on any atom is 0.306 e. The highest BCUT2D eigenvalue weighted by molar-refractivity contribution is 5.70. The molecule has 0 aliphatic heterocycles. The molecule has 3 unspecified atom stereocenters. The van der Waals surface area contributed by atoms with Gasteiger partial charge < -0.3 is 5.11 Å². The highest BCUT2D eigenvalue weighted by Gasteiger charge is 2.36. The monoisotopic (exact) mass is 292 g/mol. The summed E-state index contributed by atoms with van der Waals surface area (Å²) in [5.41, 5.74) is 2.00. The van der Waals surface area contributed by atoms with E-state index >= 15 is 0 Å². The molecule has 1 aromatic carbocycles. The molecule has 1 fully saturated rings. The summed E-state index contributed by atoms with van der Waals surface area (Å²) >= 11 is 0. The van der Waals surface area contributed by atoms with Gasteiger partial charge >= 0.3 is 5.97 Å². The second-order valence-corrected chi connectivity index (χ2v) is 6.80. The van der Waals surface area contributed by atoms with Crippen LogP contribution >= 0.6 is 0 Å². The third-order valence-corrected chi connectivity index (χ3v) is 5.07. The van der Waals surface area contributed by atoms with Crippen LogP contribution in [0.25, 0.3) is 0 Å². The second kappa shape index (κ2) is 6.59. The molecule has 0 heterocycles. The summed E-state index contributed by atoms with van der Waals surface area (Å²) in [6.07, 6.45) is 3.48. The zero-order valence-electron chi connectivity index (χ0n) is 13.1. The van der Waals surface area contributed by atoms with Crippen LogP contribution in [-0.2, 0) is 11.2 Å². The third kappa shape index (κ3) is 3.84. The minimum Gasteiger partial charge on any atom is -0.481 e. The highest BCUT2D eigenvalue weighted by atomic mass is 19.1. The highest BCUT2D eigenvalue weighted by Crippen LogP contribution is 2.39. The van der Waals surface area contributed by atoms with Crippen molar-refractivity contribution in [3.8, 4) is 0 Å². The predicted octanol–water partition coefficient (Wildman–Crippen LogP) is 4.45. The van der Waals surface area contributed by atoms with Crippen LogP contribution in [0.2, 0.25) is 0 Å². The Kier molecular flexibility index (Phi) is 5.02. The van der Waals surface area contributed by atoms with Crippen molar-refractivity contribution in [3.05, 3.63) is 35.1 Å². The number of hydrogen-bond acceptors (Lipinski definition) is 1. The smallest absolute Gasteiger partial charge is 0.306 e. The summed E-state index contributed by atoms with van der Waals surface area (Å²) in [4.78, 5) is 11.5. The van der Waals surface area contributed by atoms with Crippen molar-refractivity contribution in [1.82, 2.24) is 0 Å². The molecule has 1 saturated carbocycles. The minimum absolute atomic E-state index is 0.160. The number of aryl methyl sites for hydroxylation is 1. The molecule has 0 aromatic heterocycles. The van der Waals surface area contributed by atoms with E-state index in [2.05, 4.69) is 13.8 Å². The number of carboxylic acid groups (broad SMARTS) is 1. The number of aliphatic carboxylic acids is 1. The van der Waals surface area contributed by atoms with Gasteiger partial charge in [-0.1, -0.05) is 19.9 Å². The molecule has 0 amide bonds. The molecule has 0 saturated heterocycles. The first-order valence-corrected chi connectivity index (χ1v) is 7.86. The molecule has 1 aromatic rings. The van der Waals surface area contributed by atoms with Crippen molar-refractivity contribution < 1.29 is 14.3 Å². The number of hydrogen-bond donors (Lipinski definition) is 1. The van der Waals surface area contributed by atoms with Crippen LogP contribution in [0.1, 0.15) is 44.2 Å². The molecule has 0 spiro atoms. The van der Waals surface area contributed by atoms with Crippen molar-refractivity contribution in [2.24, 2.45) is 23.7 Å². The van der Waals surface area contributed by atoms with E-state index in [1.54, 1.807) is 0 Å². The molecule has 0 radical (unpaired) electrons. The molecular formula is C18H25FO2. The fourth-order valence-electron chi connectivity index (χ4n) is 3.63. The summed E-state index contributed by atoms with van der Waals surface area (Å²) in [6, 6.07) is 4.82. The lowest BCUT2D eigenvalue weighted by atomic mass is 9.68. The molecule has 3 heteroatoms. The molecular weight excluding hydrogens is 267 g/mol. The van der Waals surface area contributed by atoms with Gasteiger partial charge in [0, 0.05) is 0 Å². The topological polar surface area (TPSA) is 37.3 Å². The van der Waals surface area contributed by atoms with Gasteiger partial charge in [0.2, 0.25) is 0 Å². The lowest BCUT2D eigenvalue weighted by Crippen LogP contribution is -2.33. The molecule has 2 rings (SSSR count). The van der Waals surface area contributed by atoms with Crippen LogP contribution in [0, 0.1) is 36.4 Å². The van der Waals surface area contributed by atoms with Gasteiger partial charge in [-0.2, -0.15) is 0 Å². The quantitative estimate of drug-likeness (QED) is 0.890. The third-order valence-electron chi connectivity index (χ3n) is 5.07. The summed E-state index contributed by atoms with van der Waals surface area (Å²) in [5.74, 6) is 0.192. The molecule has 3 atom stereocenters. The van der Waals surface area contributed by atoms with E-state index in [9.17, 15) is 14.3 Å². The molecule has 21 heavy (non-hydrogen) atoms. The van der Waals surface area contributed by atoms with Crippen molar-refractivity contribution in [2.45, 2.75) is 46.5 Å². The van der Waals surface area contributed by atoms with Crippen molar-refractivity contribution >= 4 is 5.97 Å². The van der Waals surface area contributed by atoms with Crippen LogP contribution in [-0.4, -0.2) is 11.1 Å². The summed E-state index contributed by atoms with van der Waals surface area (Å²) in [5, 5.41) is 9.46. The molecule has 1 N–H and O–H groups in total. The van der Waals surface area contributed by atoms with E-state index in [1.165, 1.54) is 12.1 Å². The Balaban J connectivity index is 2.17. The van der Waals surface area contributed by atoms with E-state index in [0.29, 0.717) is 11.8 Å². The van der Waals surface area contributed by atoms with Gasteiger partial charge in [-0.3, -0.25) is 4.79 Å². The average Bonchev–Trinajstić information content (AvgIpc) is 2.41.